The number of hydrogen-bond donors (Lipinski definition) is 0. The molecule has 0 aliphatic rings. The highest BCUT2D eigenvalue weighted by atomic mass is 15.0. The highest BCUT2D eigenvalue weighted by Crippen LogP contribution is 2.48. The van der Waals surface area contributed by atoms with Crippen molar-refractivity contribution in [2.75, 3.05) is 0 Å². The van der Waals surface area contributed by atoms with Crippen LogP contribution in [-0.4, -0.2) is 27.4 Å². The van der Waals surface area contributed by atoms with Crippen LogP contribution in [0.5, 0.6) is 0 Å². The third kappa shape index (κ3) is 10.4. The van der Waals surface area contributed by atoms with Gasteiger partial charge in [-0.2, -0.15) is 0 Å². The van der Waals surface area contributed by atoms with Gasteiger partial charge in [0.15, 0.2) is 0 Å². The summed E-state index contributed by atoms with van der Waals surface area (Å²) in [6.45, 7) is 0. The topological polar surface area (TPSA) is 29.6 Å². The van der Waals surface area contributed by atoms with Crippen molar-refractivity contribution >= 4 is 195 Å². The summed E-state index contributed by atoms with van der Waals surface area (Å²) in [5.41, 5.74) is 23.1. The van der Waals surface area contributed by atoms with Crippen LogP contribution in [0.2, 0.25) is 0 Å². The van der Waals surface area contributed by atoms with Crippen LogP contribution in [0.25, 0.3) is 251 Å². The predicted octanol–water partition coefficient (Wildman–Crippen LogP) is 32.2. The molecule has 0 bridgehead atoms. The first-order chi connectivity index (χ1) is 62.5. The summed E-state index contributed by atoms with van der Waals surface area (Å²) in [5, 5.41) is 35.0. The second-order valence-electron chi connectivity index (χ2n) is 33.8. The number of hydrogen-bond acceptors (Lipinski definition) is 0. The van der Waals surface area contributed by atoms with E-state index in [2.05, 4.69) is 477 Å². The van der Waals surface area contributed by atoms with E-state index < -0.39 is 0 Å². The lowest BCUT2D eigenvalue weighted by Gasteiger charge is -2.16. The Balaban J connectivity index is 0.0000000986. The molecule has 0 aliphatic carbocycles. The van der Waals surface area contributed by atoms with Crippen molar-refractivity contribution in [1.82, 2.24) is 27.4 Å². The third-order valence-corrected chi connectivity index (χ3v) is 27.3. The molecule has 0 N–H and O–H groups in total. The van der Waals surface area contributed by atoms with Crippen molar-refractivity contribution in [2.24, 2.45) is 0 Å². The molecule has 0 saturated carbocycles. The molecule has 0 amide bonds. The Labute approximate surface area is 723 Å². The van der Waals surface area contributed by atoms with Gasteiger partial charge in [0.2, 0.25) is 0 Å². The standard InChI is InChI=1S/2C42H26N2.C36H22N2/c1-2-11-31(12-3-1)43-25-24-37-38(43)23-22-36-34-14-4-5-15-39(34)44(42(36)37)32-13-7-10-30(26-32)33-20-18-29-17-16-27-8-6-9-28-19-21-35(33)41(29)40(27)28;1-2-9-31(10-3-1)43-26-25-37-38(43)24-23-36-34-11-4-5-12-39(34)44(42(36)37)32-19-15-27(16-20-32)33-21-17-30-14-13-28-7-6-8-29-18-22-35(33)41(30)40(28)29;1-2-9-26(10-3-1)37-22-21-30-31(37)20-18-28-27-11-4-5-12-32(27)38(36(28)30)33-19-16-25-14-13-23-7-6-8-24-15-17-29(33)35(25)34(23)24/h2*1-26H;1-22H. The number of nitrogens with zero attached hydrogens (tertiary/aromatic N) is 6. The van der Waals surface area contributed by atoms with Crippen molar-refractivity contribution < 1.29 is 0 Å². The highest BCUT2D eigenvalue weighted by Gasteiger charge is 2.25. The van der Waals surface area contributed by atoms with Crippen LogP contribution in [0, 0.1) is 0 Å². The molecule has 0 aliphatic heterocycles. The summed E-state index contributed by atoms with van der Waals surface area (Å²) in [5.74, 6) is 0. The van der Waals surface area contributed by atoms with Crippen LogP contribution in [0.4, 0.5) is 0 Å². The van der Waals surface area contributed by atoms with Gasteiger partial charge in [0.25, 0.3) is 0 Å². The summed E-state index contributed by atoms with van der Waals surface area (Å²) >= 11 is 0. The van der Waals surface area contributed by atoms with Gasteiger partial charge in [0.1, 0.15) is 0 Å². The van der Waals surface area contributed by atoms with Gasteiger partial charge in [-0.05, 0) is 235 Å². The predicted molar refractivity (Wildman–Crippen MR) is 535 cm³/mol. The van der Waals surface area contributed by atoms with E-state index in [1.54, 1.807) is 0 Å². The summed E-state index contributed by atoms with van der Waals surface area (Å²) in [6.07, 6.45) is 6.59. The maximum absolute atomic E-state index is 2.49. The number of para-hydroxylation sites is 6. The van der Waals surface area contributed by atoms with Crippen molar-refractivity contribution in [3.63, 3.8) is 0 Å². The van der Waals surface area contributed by atoms with Crippen LogP contribution in [0.1, 0.15) is 0 Å². The maximum atomic E-state index is 2.49. The Bertz CT molecular complexity index is 9420. The Morgan fingerprint density at radius 3 is 0.881 bits per heavy atom. The fourth-order valence-corrected chi connectivity index (χ4v) is 21.7. The minimum atomic E-state index is 1.16. The second kappa shape index (κ2) is 27.4. The Morgan fingerprint density at radius 1 is 0.143 bits per heavy atom. The van der Waals surface area contributed by atoms with E-state index in [-0.39, 0.29) is 0 Å². The van der Waals surface area contributed by atoms with E-state index in [1.165, 1.54) is 246 Å². The number of rotatable bonds is 8. The summed E-state index contributed by atoms with van der Waals surface area (Å²) in [6, 6.07) is 158. The van der Waals surface area contributed by atoms with Gasteiger partial charge >= 0.3 is 0 Å². The lowest BCUT2D eigenvalue weighted by atomic mass is 9.90. The molecule has 126 heavy (non-hydrogen) atoms. The average molecular weight is 1600 g/mol. The van der Waals surface area contributed by atoms with Crippen LogP contribution in [0.15, 0.2) is 449 Å². The van der Waals surface area contributed by atoms with Gasteiger partial charge in [-0.15, -0.1) is 0 Å². The molecule has 0 fully saturated rings. The van der Waals surface area contributed by atoms with E-state index in [0.29, 0.717) is 0 Å². The van der Waals surface area contributed by atoms with Crippen LogP contribution >= 0.6 is 0 Å². The summed E-state index contributed by atoms with van der Waals surface area (Å²) in [7, 11) is 0. The minimum absolute atomic E-state index is 1.16. The first-order valence-corrected chi connectivity index (χ1v) is 43.5. The van der Waals surface area contributed by atoms with E-state index in [0.717, 1.165) is 5.69 Å². The molecule has 23 aromatic carbocycles. The highest BCUT2D eigenvalue weighted by molar-refractivity contribution is 6.30. The third-order valence-electron chi connectivity index (χ3n) is 27.3. The van der Waals surface area contributed by atoms with Crippen LogP contribution in [-0.2, 0) is 0 Å². The first kappa shape index (κ1) is 69.9. The quantitative estimate of drug-likeness (QED) is 0.136. The molecular formula is C120H74N6. The lowest BCUT2D eigenvalue weighted by Crippen LogP contribution is -1.97. The molecule has 0 spiro atoms. The fourth-order valence-electron chi connectivity index (χ4n) is 21.7. The second-order valence-corrected chi connectivity index (χ2v) is 33.8. The Kier molecular flexibility index (Phi) is 15.2. The normalized spacial score (nSPS) is 12.1. The summed E-state index contributed by atoms with van der Waals surface area (Å²) in [4.78, 5) is 0. The number of benzene rings is 23. The van der Waals surface area contributed by atoms with Crippen molar-refractivity contribution in [1.29, 1.82) is 0 Å². The molecule has 6 nitrogen and oxygen atoms in total. The Hall–Kier alpha value is -16.8. The van der Waals surface area contributed by atoms with Crippen molar-refractivity contribution in [3.05, 3.63) is 449 Å². The van der Waals surface area contributed by atoms with Gasteiger partial charge in [-0.3, -0.25) is 0 Å². The van der Waals surface area contributed by atoms with Gasteiger partial charge in [-0.1, -0.05) is 309 Å². The van der Waals surface area contributed by atoms with Gasteiger partial charge in [-0.25, -0.2) is 0 Å². The largest absolute Gasteiger partial charge is 0.316 e. The lowest BCUT2D eigenvalue weighted by molar-refractivity contribution is 1.13. The Morgan fingerprint density at radius 2 is 0.452 bits per heavy atom. The molecule has 29 aromatic rings. The molecule has 6 aromatic heterocycles. The zero-order valence-corrected chi connectivity index (χ0v) is 68.4. The first-order valence-electron chi connectivity index (χ1n) is 43.5. The zero-order valence-electron chi connectivity index (χ0n) is 68.4. The number of fused-ring (bicyclic) bond motifs is 15. The summed E-state index contributed by atoms with van der Waals surface area (Å²) < 4.78 is 14.3. The van der Waals surface area contributed by atoms with Crippen molar-refractivity contribution in [3.8, 4) is 56.4 Å². The zero-order chi connectivity index (χ0) is 82.3. The van der Waals surface area contributed by atoms with Crippen molar-refractivity contribution in [2.45, 2.75) is 0 Å². The number of aromatic nitrogens is 6. The molecule has 0 radical (unpaired) electrons. The van der Waals surface area contributed by atoms with E-state index in [4.69, 9.17) is 0 Å². The van der Waals surface area contributed by atoms with E-state index in [1.807, 2.05) is 0 Å². The van der Waals surface area contributed by atoms with E-state index in [9.17, 15) is 0 Å². The molecule has 0 atom stereocenters. The monoisotopic (exact) mass is 1600 g/mol. The average Bonchev–Trinajstić information content (AvgIpc) is 1.51. The molecule has 29 rings (SSSR count). The van der Waals surface area contributed by atoms with Gasteiger partial charge < -0.3 is 27.4 Å². The molecule has 0 saturated heterocycles. The fraction of sp³-hybridized carbons (Fsp3) is 0. The van der Waals surface area contributed by atoms with Gasteiger partial charge in [0.05, 0.1) is 55.3 Å². The van der Waals surface area contributed by atoms with E-state index >= 15 is 0 Å². The molecule has 6 heteroatoms. The molecule has 584 valence electrons. The van der Waals surface area contributed by atoms with Crippen LogP contribution in [0.3, 0.4) is 0 Å². The molecule has 6 heterocycles. The SMILES string of the molecule is c1ccc(-n2ccc3c2ccc2c4ccccc4n(-c4ccc(-c5ccc6ccc7cccc8ccc5c6c78)cc4)c23)cc1.c1ccc(-n2ccc3c2ccc2c4ccccc4n(-c4ccc5ccc6cccc7ccc4c5c67)c23)cc1.c1ccc(-n2ccc3c2ccc2c4ccccc4n(-c4cccc(-c5ccc6ccc7cccc8ccc5c6c78)c4)c23)cc1. The smallest absolute Gasteiger partial charge is 0.0635 e. The molecule has 0 unspecified atom stereocenters. The maximum Gasteiger partial charge on any atom is 0.0635 e. The van der Waals surface area contributed by atoms with Crippen LogP contribution < -0.4 is 0 Å². The minimum Gasteiger partial charge on any atom is -0.316 e. The van der Waals surface area contributed by atoms with Gasteiger partial charge in [0, 0.05) is 101 Å². The molecular weight excluding hydrogens is 1530 g/mol.